The van der Waals surface area contributed by atoms with E-state index in [1.54, 1.807) is 0 Å². The van der Waals surface area contributed by atoms with Gasteiger partial charge in [0.1, 0.15) is 5.82 Å². The summed E-state index contributed by atoms with van der Waals surface area (Å²) in [5, 5.41) is 3.38. The Hall–Kier alpha value is -3.59. The van der Waals surface area contributed by atoms with Crippen LogP contribution in [0.15, 0.2) is 60.8 Å². The van der Waals surface area contributed by atoms with Gasteiger partial charge in [0.15, 0.2) is 5.65 Å². The zero-order valence-corrected chi connectivity index (χ0v) is 21.8. The molecule has 2 N–H and O–H groups in total. The van der Waals surface area contributed by atoms with E-state index in [1.807, 2.05) is 41.4 Å². The van der Waals surface area contributed by atoms with Crippen LogP contribution in [0.5, 0.6) is 0 Å². The lowest BCUT2D eigenvalue weighted by atomic mass is 10.0. The van der Waals surface area contributed by atoms with Crippen LogP contribution in [-0.4, -0.2) is 82.6 Å². The third-order valence-corrected chi connectivity index (χ3v) is 7.63. The number of aromatic amines is 1. The number of piperazine rings is 1. The first-order valence-corrected chi connectivity index (χ1v) is 13.6. The predicted octanol–water partition coefficient (Wildman–Crippen LogP) is 3.95. The molecule has 2 saturated heterocycles. The normalized spacial score (nSPS) is 18.7. The number of fused-ring (bicyclic) bond motifs is 1. The van der Waals surface area contributed by atoms with Crippen molar-refractivity contribution in [3.8, 4) is 22.5 Å². The van der Waals surface area contributed by atoms with Crippen molar-refractivity contribution >= 4 is 17.1 Å². The summed E-state index contributed by atoms with van der Waals surface area (Å²) >= 11 is 0. The molecule has 1 unspecified atom stereocenters. The molecule has 2 aromatic carbocycles. The average Bonchev–Trinajstić information content (AvgIpc) is 3.42. The molecule has 196 valence electrons. The van der Waals surface area contributed by atoms with Gasteiger partial charge in [0.05, 0.1) is 18.7 Å². The van der Waals surface area contributed by atoms with Crippen LogP contribution < -0.4 is 5.32 Å². The predicted molar refractivity (Wildman–Crippen MR) is 149 cm³/mol. The van der Waals surface area contributed by atoms with Crippen LogP contribution in [-0.2, 0) is 11.3 Å². The van der Waals surface area contributed by atoms with Crippen molar-refractivity contribution in [1.29, 1.82) is 0 Å². The summed E-state index contributed by atoms with van der Waals surface area (Å²) in [5.41, 5.74) is 6.74. The molecule has 0 aliphatic carbocycles. The van der Waals surface area contributed by atoms with E-state index in [0.717, 1.165) is 86.9 Å². The number of carbonyl (C=O) groups excluding carboxylic acids is 1. The van der Waals surface area contributed by atoms with Gasteiger partial charge in [-0.3, -0.25) is 9.69 Å². The van der Waals surface area contributed by atoms with Crippen molar-refractivity contribution < 1.29 is 9.53 Å². The van der Waals surface area contributed by atoms with E-state index >= 15 is 0 Å². The van der Waals surface area contributed by atoms with Crippen LogP contribution in [0, 0.1) is 0 Å². The molecule has 4 aromatic rings. The summed E-state index contributed by atoms with van der Waals surface area (Å²) < 4.78 is 5.49. The summed E-state index contributed by atoms with van der Waals surface area (Å²) in [5.74, 6) is 0.840. The smallest absolute Gasteiger partial charge is 0.254 e. The minimum atomic E-state index is 0.0930. The molecule has 1 atom stereocenters. The number of hydrogen-bond donors (Lipinski definition) is 2. The van der Waals surface area contributed by atoms with E-state index in [0.29, 0.717) is 11.2 Å². The summed E-state index contributed by atoms with van der Waals surface area (Å²) in [6, 6.07) is 18.7. The number of benzene rings is 2. The van der Waals surface area contributed by atoms with Gasteiger partial charge < -0.3 is 19.9 Å². The lowest BCUT2D eigenvalue weighted by Crippen LogP contribution is -2.53. The fourth-order valence-corrected chi connectivity index (χ4v) is 5.47. The Morgan fingerprint density at radius 1 is 1.05 bits per heavy atom. The molecule has 38 heavy (non-hydrogen) atoms. The van der Waals surface area contributed by atoms with Crippen LogP contribution in [0.3, 0.4) is 0 Å². The number of nitrogens with zero attached hydrogens (tertiary/aromatic N) is 4. The van der Waals surface area contributed by atoms with E-state index in [2.05, 4.69) is 51.4 Å². The number of amides is 1. The number of H-pyrrole nitrogens is 1. The van der Waals surface area contributed by atoms with Crippen LogP contribution in [0.1, 0.15) is 29.3 Å². The standard InChI is InChI=1S/C30H34N6O2/c1-2-25-19-31-12-13-36(25)30(37)23-8-6-22(7-9-23)28-33-27-26(10-11-32-29(27)34-28)24-5-3-4-21(18-24)20-35-14-16-38-17-15-35/h3-11,18,25,31H,2,12-17,19-20H2,1H3,(H,32,33,34). The van der Waals surface area contributed by atoms with Gasteiger partial charge >= 0.3 is 0 Å². The molecule has 8 heteroatoms. The first-order chi connectivity index (χ1) is 18.7. The molecule has 0 radical (unpaired) electrons. The van der Waals surface area contributed by atoms with E-state index in [9.17, 15) is 4.79 Å². The molecule has 1 amide bonds. The molecule has 2 aliphatic heterocycles. The molecule has 2 aromatic heterocycles. The van der Waals surface area contributed by atoms with Crippen LogP contribution in [0.25, 0.3) is 33.7 Å². The molecular formula is C30H34N6O2. The van der Waals surface area contributed by atoms with E-state index < -0.39 is 0 Å². The second-order valence-corrected chi connectivity index (χ2v) is 10.1. The Morgan fingerprint density at radius 2 is 1.89 bits per heavy atom. The zero-order chi connectivity index (χ0) is 25.9. The highest BCUT2D eigenvalue weighted by molar-refractivity contribution is 5.95. The zero-order valence-electron chi connectivity index (χ0n) is 21.8. The quantitative estimate of drug-likeness (QED) is 0.409. The number of morpholine rings is 1. The maximum atomic E-state index is 13.2. The van der Waals surface area contributed by atoms with Gasteiger partial charge in [0.2, 0.25) is 0 Å². The number of aromatic nitrogens is 3. The van der Waals surface area contributed by atoms with Crippen LogP contribution in [0.4, 0.5) is 0 Å². The monoisotopic (exact) mass is 510 g/mol. The largest absolute Gasteiger partial charge is 0.379 e. The molecule has 6 rings (SSSR count). The number of hydrogen-bond acceptors (Lipinski definition) is 6. The van der Waals surface area contributed by atoms with Crippen molar-refractivity contribution in [3.05, 3.63) is 71.9 Å². The lowest BCUT2D eigenvalue weighted by molar-refractivity contribution is 0.0342. The molecule has 0 saturated carbocycles. The molecule has 4 heterocycles. The minimum absolute atomic E-state index is 0.0930. The molecule has 0 spiro atoms. The molecule has 2 fully saturated rings. The van der Waals surface area contributed by atoms with Gasteiger partial charge in [-0.25, -0.2) is 9.97 Å². The van der Waals surface area contributed by atoms with Crippen molar-refractivity contribution in [2.24, 2.45) is 0 Å². The first kappa shape index (κ1) is 24.7. The maximum Gasteiger partial charge on any atom is 0.254 e. The van der Waals surface area contributed by atoms with Crippen LogP contribution >= 0.6 is 0 Å². The lowest BCUT2D eigenvalue weighted by Gasteiger charge is -2.35. The van der Waals surface area contributed by atoms with Gasteiger partial charge in [-0.05, 0) is 41.8 Å². The number of rotatable bonds is 6. The van der Waals surface area contributed by atoms with Gasteiger partial charge in [-0.15, -0.1) is 0 Å². The number of carbonyl (C=O) groups is 1. The van der Waals surface area contributed by atoms with E-state index in [1.165, 1.54) is 5.56 Å². The summed E-state index contributed by atoms with van der Waals surface area (Å²) in [4.78, 5) is 30.4. The van der Waals surface area contributed by atoms with Crippen molar-refractivity contribution in [3.63, 3.8) is 0 Å². The van der Waals surface area contributed by atoms with Gasteiger partial charge in [0, 0.05) is 68.2 Å². The summed E-state index contributed by atoms with van der Waals surface area (Å²) in [6.07, 6.45) is 2.76. The fourth-order valence-electron chi connectivity index (χ4n) is 5.47. The highest BCUT2D eigenvalue weighted by Gasteiger charge is 2.26. The number of pyridine rings is 1. The van der Waals surface area contributed by atoms with E-state index in [4.69, 9.17) is 9.72 Å². The second kappa shape index (κ2) is 11.0. The molecular weight excluding hydrogens is 476 g/mol. The van der Waals surface area contributed by atoms with Gasteiger partial charge in [0.25, 0.3) is 5.91 Å². The Labute approximate surface area is 223 Å². The Bertz CT molecular complexity index is 1410. The summed E-state index contributed by atoms with van der Waals surface area (Å²) in [7, 11) is 0. The second-order valence-electron chi connectivity index (χ2n) is 10.1. The third kappa shape index (κ3) is 5.07. The van der Waals surface area contributed by atoms with Gasteiger partial charge in [-0.2, -0.15) is 0 Å². The maximum absolute atomic E-state index is 13.2. The molecule has 8 nitrogen and oxygen atoms in total. The highest BCUT2D eigenvalue weighted by atomic mass is 16.5. The average molecular weight is 511 g/mol. The first-order valence-electron chi connectivity index (χ1n) is 13.6. The third-order valence-electron chi connectivity index (χ3n) is 7.63. The van der Waals surface area contributed by atoms with Gasteiger partial charge in [-0.1, -0.05) is 37.3 Å². The number of ether oxygens (including phenoxy) is 1. The van der Waals surface area contributed by atoms with Crippen molar-refractivity contribution in [1.82, 2.24) is 30.1 Å². The SMILES string of the molecule is CCC1CNCCN1C(=O)c1ccc(-c2nc3nccc(-c4cccc(CN5CCOCC5)c4)c3[nH]2)cc1. The Kier molecular flexibility index (Phi) is 7.18. The Balaban J connectivity index is 1.25. The van der Waals surface area contributed by atoms with Crippen molar-refractivity contribution in [2.75, 3.05) is 45.9 Å². The number of nitrogens with one attached hydrogen (secondary N) is 2. The summed E-state index contributed by atoms with van der Waals surface area (Å²) in [6.45, 7) is 9.00. The molecule has 0 bridgehead atoms. The minimum Gasteiger partial charge on any atom is -0.379 e. The highest BCUT2D eigenvalue weighted by Crippen LogP contribution is 2.29. The Morgan fingerprint density at radius 3 is 2.71 bits per heavy atom. The van der Waals surface area contributed by atoms with Crippen molar-refractivity contribution in [2.45, 2.75) is 25.9 Å². The van der Waals surface area contributed by atoms with E-state index in [-0.39, 0.29) is 11.9 Å². The number of imidazole rings is 1. The topological polar surface area (TPSA) is 86.4 Å². The van der Waals surface area contributed by atoms with Crippen LogP contribution in [0.2, 0.25) is 0 Å². The molecule has 2 aliphatic rings. The fraction of sp³-hybridized carbons (Fsp3) is 0.367.